The fourth-order valence-electron chi connectivity index (χ4n) is 3.67. The fraction of sp³-hybridized carbons (Fsp3) is 0.292. The van der Waals surface area contributed by atoms with Crippen LogP contribution in [0.3, 0.4) is 0 Å². The second-order valence-corrected chi connectivity index (χ2v) is 8.93. The molecule has 2 heterocycles. The quantitative estimate of drug-likeness (QED) is 0.263. The number of hydrogen-bond donors (Lipinski definition) is 2. The first-order chi connectivity index (χ1) is 15.6. The van der Waals surface area contributed by atoms with Crippen LogP contribution < -0.4 is 15.6 Å². The molecule has 8 heteroatoms. The van der Waals surface area contributed by atoms with Crippen LogP contribution in [0.25, 0.3) is 0 Å². The summed E-state index contributed by atoms with van der Waals surface area (Å²) in [4.78, 5) is 33.0. The number of amides is 1. The normalized spacial score (nSPS) is 15.2. The number of unbranched alkanes of at least 4 members (excludes halogenated alkanes) is 1. The lowest BCUT2D eigenvalue weighted by molar-refractivity contribution is -0.116. The smallest absolute Gasteiger partial charge is 0.257 e. The van der Waals surface area contributed by atoms with E-state index in [-0.39, 0.29) is 17.9 Å². The number of carbonyl (C=O) groups is 1. The van der Waals surface area contributed by atoms with E-state index in [1.807, 2.05) is 48.5 Å². The van der Waals surface area contributed by atoms with E-state index in [9.17, 15) is 9.59 Å². The van der Waals surface area contributed by atoms with Crippen molar-refractivity contribution in [3.63, 3.8) is 0 Å². The standard InChI is InChI=1S/C24H24ClN3O3S/c1-2-3-12-31-19-11-7-5-9-16(19)17-13-20(29)26-22-21(17)23(30)28-24(27-22)32-14-15-8-4-6-10-18(15)25/h4-11,17H,2-3,12-14H2,1H3,(H2,26,27,28,29,30). The van der Waals surface area contributed by atoms with Gasteiger partial charge in [-0.2, -0.15) is 0 Å². The van der Waals surface area contributed by atoms with Gasteiger partial charge in [0.1, 0.15) is 11.6 Å². The number of para-hydroxylation sites is 1. The number of nitrogens with zero attached hydrogens (tertiary/aromatic N) is 1. The van der Waals surface area contributed by atoms with E-state index < -0.39 is 5.92 Å². The lowest BCUT2D eigenvalue weighted by Crippen LogP contribution is -2.31. The zero-order valence-corrected chi connectivity index (χ0v) is 19.3. The van der Waals surface area contributed by atoms with E-state index in [0.717, 1.165) is 24.0 Å². The Hall–Kier alpha value is -2.77. The van der Waals surface area contributed by atoms with Crippen LogP contribution in [-0.4, -0.2) is 22.5 Å². The van der Waals surface area contributed by atoms with Crippen LogP contribution >= 0.6 is 23.4 Å². The van der Waals surface area contributed by atoms with Crippen molar-refractivity contribution in [3.8, 4) is 5.75 Å². The Morgan fingerprint density at radius 2 is 1.94 bits per heavy atom. The Balaban J connectivity index is 1.64. The van der Waals surface area contributed by atoms with Gasteiger partial charge in [0, 0.05) is 28.7 Å². The minimum Gasteiger partial charge on any atom is -0.493 e. The van der Waals surface area contributed by atoms with Crippen LogP contribution in [0.4, 0.5) is 5.82 Å². The zero-order valence-electron chi connectivity index (χ0n) is 17.7. The number of nitrogens with one attached hydrogen (secondary N) is 2. The molecule has 0 saturated carbocycles. The largest absolute Gasteiger partial charge is 0.493 e. The van der Waals surface area contributed by atoms with Crippen LogP contribution in [0.15, 0.2) is 58.5 Å². The number of fused-ring (bicyclic) bond motifs is 1. The molecule has 0 aliphatic carbocycles. The van der Waals surface area contributed by atoms with Crippen LogP contribution in [0.5, 0.6) is 5.75 Å². The minimum atomic E-state index is -0.421. The highest BCUT2D eigenvalue weighted by Gasteiger charge is 2.32. The second kappa shape index (κ2) is 10.2. The monoisotopic (exact) mass is 469 g/mol. The van der Waals surface area contributed by atoms with E-state index in [4.69, 9.17) is 16.3 Å². The molecule has 3 aromatic rings. The number of carbonyl (C=O) groups excluding carboxylic acids is 1. The minimum absolute atomic E-state index is 0.165. The number of thioether (sulfide) groups is 1. The lowest BCUT2D eigenvalue weighted by atomic mass is 9.86. The van der Waals surface area contributed by atoms with E-state index in [0.29, 0.717) is 39.7 Å². The number of ether oxygens (including phenoxy) is 1. The average molecular weight is 470 g/mol. The number of hydrogen-bond acceptors (Lipinski definition) is 5. The maximum atomic E-state index is 13.1. The molecular formula is C24H24ClN3O3S. The zero-order chi connectivity index (χ0) is 22.5. The molecule has 1 atom stereocenters. The maximum absolute atomic E-state index is 13.1. The van der Waals surface area contributed by atoms with Gasteiger partial charge in [0.15, 0.2) is 5.16 Å². The molecule has 1 amide bonds. The number of anilines is 1. The Kier molecular flexibility index (Phi) is 7.17. The summed E-state index contributed by atoms with van der Waals surface area (Å²) in [5.74, 6) is 0.956. The third kappa shape index (κ3) is 5.00. The molecule has 6 nitrogen and oxygen atoms in total. The summed E-state index contributed by atoms with van der Waals surface area (Å²) in [7, 11) is 0. The van der Waals surface area contributed by atoms with Crippen LogP contribution in [0.2, 0.25) is 5.02 Å². The first kappa shape index (κ1) is 22.4. The highest BCUT2D eigenvalue weighted by Crippen LogP contribution is 2.39. The molecule has 0 saturated heterocycles. The van der Waals surface area contributed by atoms with Crippen molar-refractivity contribution in [2.24, 2.45) is 0 Å². The molecule has 32 heavy (non-hydrogen) atoms. The van der Waals surface area contributed by atoms with Crippen molar-refractivity contribution in [2.45, 2.75) is 43.0 Å². The second-order valence-electron chi connectivity index (χ2n) is 7.56. The number of benzene rings is 2. The van der Waals surface area contributed by atoms with Crippen molar-refractivity contribution in [2.75, 3.05) is 11.9 Å². The predicted molar refractivity (Wildman–Crippen MR) is 128 cm³/mol. The molecule has 166 valence electrons. The molecular weight excluding hydrogens is 446 g/mol. The summed E-state index contributed by atoms with van der Waals surface area (Å²) in [6, 6.07) is 15.1. The summed E-state index contributed by atoms with van der Waals surface area (Å²) in [6.45, 7) is 2.69. The van der Waals surface area contributed by atoms with E-state index in [2.05, 4.69) is 22.2 Å². The summed E-state index contributed by atoms with van der Waals surface area (Å²) >= 11 is 7.59. The van der Waals surface area contributed by atoms with E-state index >= 15 is 0 Å². The lowest BCUT2D eigenvalue weighted by Gasteiger charge is -2.26. The molecule has 1 aliphatic rings. The van der Waals surface area contributed by atoms with Gasteiger partial charge in [-0.1, -0.05) is 73.1 Å². The molecule has 0 fully saturated rings. The Morgan fingerprint density at radius 1 is 1.16 bits per heavy atom. The predicted octanol–water partition coefficient (Wildman–Crippen LogP) is 5.37. The Bertz CT molecular complexity index is 1180. The highest BCUT2D eigenvalue weighted by molar-refractivity contribution is 7.98. The van der Waals surface area contributed by atoms with Crippen LogP contribution in [-0.2, 0) is 10.5 Å². The van der Waals surface area contributed by atoms with Crippen LogP contribution in [0, 0.1) is 0 Å². The van der Waals surface area contributed by atoms with E-state index in [1.54, 1.807) is 0 Å². The third-order valence-corrected chi connectivity index (χ3v) is 6.59. The van der Waals surface area contributed by atoms with Gasteiger partial charge in [-0.25, -0.2) is 4.98 Å². The summed E-state index contributed by atoms with van der Waals surface area (Å²) < 4.78 is 5.96. The van der Waals surface area contributed by atoms with Crippen molar-refractivity contribution in [1.29, 1.82) is 0 Å². The fourth-order valence-corrected chi connectivity index (χ4v) is 4.82. The highest BCUT2D eigenvalue weighted by atomic mass is 35.5. The van der Waals surface area contributed by atoms with Crippen molar-refractivity contribution < 1.29 is 9.53 Å². The topological polar surface area (TPSA) is 84.1 Å². The van der Waals surface area contributed by atoms with Gasteiger partial charge < -0.3 is 15.0 Å². The first-order valence-corrected chi connectivity index (χ1v) is 11.9. The SMILES string of the molecule is CCCCOc1ccccc1C1CC(=O)Nc2nc(SCc3ccccc3Cl)[nH]c(=O)c21. The van der Waals surface area contributed by atoms with Crippen molar-refractivity contribution in [3.05, 3.63) is 80.6 Å². The van der Waals surface area contributed by atoms with Gasteiger partial charge >= 0.3 is 0 Å². The Labute approximate surface area is 195 Å². The molecule has 0 radical (unpaired) electrons. The molecule has 0 bridgehead atoms. The number of aromatic nitrogens is 2. The molecule has 2 N–H and O–H groups in total. The summed E-state index contributed by atoms with van der Waals surface area (Å²) in [5.41, 5.74) is 1.96. The van der Waals surface area contributed by atoms with Crippen molar-refractivity contribution >= 4 is 35.1 Å². The number of H-pyrrole nitrogens is 1. The molecule has 0 spiro atoms. The van der Waals surface area contributed by atoms with Gasteiger partial charge in [-0.05, 0) is 24.1 Å². The maximum Gasteiger partial charge on any atom is 0.257 e. The summed E-state index contributed by atoms with van der Waals surface area (Å²) in [6.07, 6.45) is 2.12. The molecule has 1 aliphatic heterocycles. The molecule has 1 aromatic heterocycles. The number of halogens is 1. The van der Waals surface area contributed by atoms with Gasteiger partial charge in [-0.3, -0.25) is 9.59 Å². The van der Waals surface area contributed by atoms with Gasteiger partial charge in [0.25, 0.3) is 5.56 Å². The van der Waals surface area contributed by atoms with Crippen molar-refractivity contribution in [1.82, 2.24) is 9.97 Å². The molecule has 2 aromatic carbocycles. The van der Waals surface area contributed by atoms with Gasteiger partial charge in [0.05, 0.1) is 12.2 Å². The molecule has 4 rings (SSSR count). The van der Waals surface area contributed by atoms with Gasteiger partial charge in [0.2, 0.25) is 5.91 Å². The number of rotatable bonds is 8. The third-order valence-electron chi connectivity index (χ3n) is 5.30. The summed E-state index contributed by atoms with van der Waals surface area (Å²) in [5, 5.41) is 3.86. The molecule has 1 unspecified atom stereocenters. The average Bonchev–Trinajstić information content (AvgIpc) is 2.78. The van der Waals surface area contributed by atoms with Gasteiger partial charge in [-0.15, -0.1) is 0 Å². The van der Waals surface area contributed by atoms with Crippen LogP contribution in [0.1, 0.15) is 48.8 Å². The first-order valence-electron chi connectivity index (χ1n) is 10.6. The Morgan fingerprint density at radius 3 is 2.75 bits per heavy atom. The van der Waals surface area contributed by atoms with E-state index in [1.165, 1.54) is 11.8 Å². The number of aromatic amines is 1.